The molecular weight excluding hydrogens is 428 g/mol. The predicted octanol–water partition coefficient (Wildman–Crippen LogP) is 2.74. The number of nitrogens with zero attached hydrogens (tertiary/aromatic N) is 4. The Morgan fingerprint density at radius 1 is 1.35 bits per heavy atom. The second-order valence-electron chi connectivity index (χ2n) is 7.32. The number of aliphatic hydroxyl groups is 2. The fourth-order valence-corrected chi connectivity index (χ4v) is 4.41. The van der Waals surface area contributed by atoms with Crippen LogP contribution in [0.5, 0.6) is 0 Å². The van der Waals surface area contributed by atoms with Crippen molar-refractivity contribution in [1.82, 2.24) is 14.9 Å². The van der Waals surface area contributed by atoms with Crippen molar-refractivity contribution in [2.24, 2.45) is 0 Å². The van der Waals surface area contributed by atoms with E-state index in [-0.39, 0.29) is 29.3 Å². The molecule has 8 nitrogen and oxygen atoms in total. The third kappa shape index (κ3) is 4.43. The van der Waals surface area contributed by atoms with Gasteiger partial charge in [-0.05, 0) is 31.2 Å². The van der Waals surface area contributed by atoms with Crippen molar-refractivity contribution in [3.05, 3.63) is 47.7 Å². The molecule has 0 bridgehead atoms. The molecule has 1 aliphatic heterocycles. The highest BCUT2D eigenvalue weighted by molar-refractivity contribution is 7.22. The number of nitrogens with one attached hydrogen (secondary N) is 1. The minimum atomic E-state index is -1.19. The van der Waals surface area contributed by atoms with Crippen LogP contribution >= 0.6 is 11.3 Å². The average molecular weight is 449 g/mol. The van der Waals surface area contributed by atoms with Gasteiger partial charge in [-0.2, -0.15) is 0 Å². The van der Waals surface area contributed by atoms with Crippen molar-refractivity contribution >= 4 is 38.5 Å². The molecule has 3 heterocycles. The van der Waals surface area contributed by atoms with Gasteiger partial charge < -0.3 is 20.0 Å². The molecule has 1 saturated heterocycles. The highest BCUT2D eigenvalue weighted by atomic mass is 32.1. The number of pyridine rings is 1. The van der Waals surface area contributed by atoms with E-state index in [2.05, 4.69) is 15.3 Å². The zero-order chi connectivity index (χ0) is 22.1. The van der Waals surface area contributed by atoms with E-state index in [1.807, 2.05) is 6.92 Å². The van der Waals surface area contributed by atoms with E-state index in [4.69, 9.17) is 5.11 Å². The molecule has 0 spiro atoms. The Hall–Kier alpha value is -2.89. The molecule has 1 fully saturated rings. The molecular formula is C20H21F2N5O3S. The number of hydrogen-bond acceptors (Lipinski definition) is 7. The first-order valence-electron chi connectivity index (χ1n) is 9.68. The maximum atomic E-state index is 14.5. The number of amides is 2. The Morgan fingerprint density at radius 2 is 2.16 bits per heavy atom. The van der Waals surface area contributed by atoms with Gasteiger partial charge in [0.25, 0.3) is 0 Å². The number of halogens is 2. The van der Waals surface area contributed by atoms with Crippen molar-refractivity contribution in [3.63, 3.8) is 0 Å². The fraction of sp³-hybridized carbons (Fsp3) is 0.350. The summed E-state index contributed by atoms with van der Waals surface area (Å²) in [7, 11) is 0. The first kappa shape index (κ1) is 21.3. The summed E-state index contributed by atoms with van der Waals surface area (Å²) in [5, 5.41) is 21.8. The number of benzene rings is 1. The topological polar surface area (TPSA) is 102 Å². The van der Waals surface area contributed by atoms with Crippen LogP contribution in [0.15, 0.2) is 30.5 Å². The number of hydrogen-bond donors (Lipinski definition) is 3. The minimum absolute atomic E-state index is 0.133. The van der Waals surface area contributed by atoms with E-state index in [1.165, 1.54) is 29.7 Å². The molecule has 1 aliphatic rings. The van der Waals surface area contributed by atoms with Gasteiger partial charge in [0.05, 0.1) is 16.8 Å². The summed E-state index contributed by atoms with van der Waals surface area (Å²) in [5.74, 6) is -0.829. The van der Waals surface area contributed by atoms with Gasteiger partial charge in [-0.25, -0.2) is 23.5 Å². The molecule has 2 atom stereocenters. The van der Waals surface area contributed by atoms with E-state index in [0.717, 1.165) is 6.07 Å². The first-order chi connectivity index (χ1) is 14.9. The molecule has 0 saturated carbocycles. The van der Waals surface area contributed by atoms with Gasteiger partial charge in [0.2, 0.25) is 0 Å². The van der Waals surface area contributed by atoms with E-state index in [0.29, 0.717) is 35.0 Å². The molecule has 2 aromatic heterocycles. The van der Waals surface area contributed by atoms with Crippen LogP contribution in [-0.4, -0.2) is 63.4 Å². The van der Waals surface area contributed by atoms with Crippen molar-refractivity contribution in [3.8, 4) is 0 Å². The number of anilines is 2. The zero-order valence-electron chi connectivity index (χ0n) is 16.6. The fourth-order valence-electron chi connectivity index (χ4n) is 3.53. The number of carbonyl (C=O) groups excluding carboxylic acids is 1. The van der Waals surface area contributed by atoms with Crippen LogP contribution in [0.4, 0.5) is 24.5 Å². The molecule has 1 aromatic carbocycles. The monoisotopic (exact) mass is 449 g/mol. The van der Waals surface area contributed by atoms with Gasteiger partial charge in [-0.3, -0.25) is 5.32 Å². The Kier molecular flexibility index (Phi) is 5.99. The molecule has 164 valence electrons. The summed E-state index contributed by atoms with van der Waals surface area (Å²) in [5.41, 5.74) is 0.807. The smallest absolute Gasteiger partial charge is 0.324 e. The highest BCUT2D eigenvalue weighted by Gasteiger charge is 2.30. The lowest BCUT2D eigenvalue weighted by molar-refractivity contribution is 0.0951. The summed E-state index contributed by atoms with van der Waals surface area (Å²) in [6.07, 6.45) is 0.147. The van der Waals surface area contributed by atoms with Crippen LogP contribution in [0.3, 0.4) is 0 Å². The Morgan fingerprint density at radius 3 is 2.87 bits per heavy atom. The summed E-state index contributed by atoms with van der Waals surface area (Å²) in [6.45, 7) is 2.41. The van der Waals surface area contributed by atoms with Crippen LogP contribution in [0.2, 0.25) is 0 Å². The SMILES string of the molecule is CC1CN(c2ncc([C@@H](O)CO)cc2F)CCN1C(=O)Nc1nc2ccc(F)cc2s1. The largest absolute Gasteiger partial charge is 0.393 e. The Balaban J connectivity index is 1.42. The van der Waals surface area contributed by atoms with E-state index in [1.54, 1.807) is 15.9 Å². The number of fused-ring (bicyclic) bond motifs is 1. The lowest BCUT2D eigenvalue weighted by Crippen LogP contribution is -2.55. The van der Waals surface area contributed by atoms with Crippen LogP contribution < -0.4 is 10.2 Å². The van der Waals surface area contributed by atoms with Crippen LogP contribution in [-0.2, 0) is 0 Å². The number of piperazine rings is 1. The van der Waals surface area contributed by atoms with Crippen molar-refractivity contribution in [1.29, 1.82) is 0 Å². The number of aliphatic hydroxyl groups excluding tert-OH is 2. The predicted molar refractivity (Wildman–Crippen MR) is 113 cm³/mol. The van der Waals surface area contributed by atoms with Gasteiger partial charge in [0.1, 0.15) is 11.9 Å². The normalized spacial score (nSPS) is 17.8. The average Bonchev–Trinajstić information content (AvgIpc) is 3.14. The van der Waals surface area contributed by atoms with E-state index >= 15 is 0 Å². The lowest BCUT2D eigenvalue weighted by Gasteiger charge is -2.40. The molecule has 11 heteroatoms. The van der Waals surface area contributed by atoms with E-state index < -0.39 is 18.5 Å². The first-order valence-corrected chi connectivity index (χ1v) is 10.5. The molecule has 1 unspecified atom stereocenters. The van der Waals surface area contributed by atoms with Gasteiger partial charge in [-0.1, -0.05) is 11.3 Å². The second kappa shape index (κ2) is 8.69. The summed E-state index contributed by atoms with van der Waals surface area (Å²) < 4.78 is 28.5. The van der Waals surface area contributed by atoms with Crippen molar-refractivity contribution < 1.29 is 23.8 Å². The number of thiazole rings is 1. The van der Waals surface area contributed by atoms with Crippen LogP contribution in [0, 0.1) is 11.6 Å². The van der Waals surface area contributed by atoms with Crippen LogP contribution in [0.1, 0.15) is 18.6 Å². The summed E-state index contributed by atoms with van der Waals surface area (Å²) in [4.78, 5) is 24.5. The number of carbonyl (C=O) groups is 1. The summed E-state index contributed by atoms with van der Waals surface area (Å²) in [6, 6.07) is 4.84. The van der Waals surface area contributed by atoms with Crippen LogP contribution in [0.25, 0.3) is 10.2 Å². The molecule has 0 aliphatic carbocycles. The molecule has 31 heavy (non-hydrogen) atoms. The number of urea groups is 1. The quantitative estimate of drug-likeness (QED) is 0.566. The molecule has 4 rings (SSSR count). The van der Waals surface area contributed by atoms with Crippen molar-refractivity contribution in [2.75, 3.05) is 36.5 Å². The Labute approximate surface area is 180 Å². The number of rotatable bonds is 4. The third-order valence-electron chi connectivity index (χ3n) is 5.15. The lowest BCUT2D eigenvalue weighted by atomic mass is 10.1. The van der Waals surface area contributed by atoms with Gasteiger partial charge in [0, 0.05) is 37.4 Å². The maximum Gasteiger partial charge on any atom is 0.324 e. The minimum Gasteiger partial charge on any atom is -0.393 e. The van der Waals surface area contributed by atoms with Gasteiger partial charge >= 0.3 is 6.03 Å². The van der Waals surface area contributed by atoms with Gasteiger partial charge in [0.15, 0.2) is 16.8 Å². The standard InChI is InChI=1S/C20H21F2N5O3S/c1-11-9-26(18-14(22)6-12(8-23-18)16(29)10-28)4-5-27(11)20(30)25-19-24-15-3-2-13(21)7-17(15)31-19/h2-3,6-8,11,16,28-29H,4-5,9-10H2,1H3,(H,24,25,30)/t11?,16-/m0/s1. The zero-order valence-corrected chi connectivity index (χ0v) is 17.4. The third-order valence-corrected chi connectivity index (χ3v) is 6.09. The number of aromatic nitrogens is 2. The molecule has 0 radical (unpaired) electrons. The van der Waals surface area contributed by atoms with Crippen molar-refractivity contribution in [2.45, 2.75) is 19.1 Å². The molecule has 3 aromatic rings. The molecule has 3 N–H and O–H groups in total. The molecule has 2 amide bonds. The second-order valence-corrected chi connectivity index (χ2v) is 8.35. The summed E-state index contributed by atoms with van der Waals surface area (Å²) >= 11 is 1.19. The highest BCUT2D eigenvalue weighted by Crippen LogP contribution is 2.28. The van der Waals surface area contributed by atoms with Gasteiger partial charge in [-0.15, -0.1) is 0 Å². The maximum absolute atomic E-state index is 14.5. The van der Waals surface area contributed by atoms with E-state index in [9.17, 15) is 18.7 Å². The Bertz CT molecular complexity index is 1110.